The van der Waals surface area contributed by atoms with Crippen LogP contribution in [0, 0.1) is 6.92 Å². The Morgan fingerprint density at radius 1 is 0.960 bits per heavy atom. The number of hydrogen-bond donors (Lipinski definition) is 0. The van der Waals surface area contributed by atoms with Crippen molar-refractivity contribution in [3.8, 4) is 17.1 Å². The van der Waals surface area contributed by atoms with Crippen LogP contribution in [0.3, 0.4) is 0 Å². The van der Waals surface area contributed by atoms with Crippen LogP contribution in [0.5, 0.6) is 5.75 Å². The number of nitrogens with zero attached hydrogens (tertiary/aromatic N) is 3. The van der Waals surface area contributed by atoms with Gasteiger partial charge >= 0.3 is 5.97 Å². The number of para-hydroxylation sites is 1. The fraction of sp³-hybridized carbons (Fsp3) is 0.0526. The second-order valence-corrected chi connectivity index (χ2v) is 5.44. The first kappa shape index (κ1) is 15.0. The molecule has 6 nitrogen and oxygen atoms in total. The fourth-order valence-corrected chi connectivity index (χ4v) is 2.43. The maximum Gasteiger partial charge on any atom is 0.362 e. The first-order valence-electron chi connectivity index (χ1n) is 7.68. The van der Waals surface area contributed by atoms with Crippen LogP contribution in [0.15, 0.2) is 65.2 Å². The van der Waals surface area contributed by atoms with E-state index in [0.717, 1.165) is 16.5 Å². The van der Waals surface area contributed by atoms with Gasteiger partial charge in [-0.25, -0.2) is 9.78 Å². The highest BCUT2D eigenvalue weighted by atomic mass is 16.5. The lowest BCUT2D eigenvalue weighted by Crippen LogP contribution is -2.10. The summed E-state index contributed by atoms with van der Waals surface area (Å²) in [4.78, 5) is 20.8. The summed E-state index contributed by atoms with van der Waals surface area (Å²) in [6.07, 6.45) is 0. The lowest BCUT2D eigenvalue weighted by atomic mass is 10.2. The topological polar surface area (TPSA) is 78.1 Å². The molecular weight excluding hydrogens is 318 g/mol. The van der Waals surface area contributed by atoms with Crippen LogP contribution >= 0.6 is 0 Å². The van der Waals surface area contributed by atoms with Crippen LogP contribution in [0.4, 0.5) is 0 Å². The van der Waals surface area contributed by atoms with Crippen LogP contribution < -0.4 is 4.74 Å². The molecule has 25 heavy (non-hydrogen) atoms. The van der Waals surface area contributed by atoms with Crippen LogP contribution in [-0.2, 0) is 0 Å². The van der Waals surface area contributed by atoms with E-state index >= 15 is 0 Å². The van der Waals surface area contributed by atoms with Crippen LogP contribution in [0.2, 0.25) is 0 Å². The van der Waals surface area contributed by atoms with Gasteiger partial charge in [0.05, 0.1) is 5.52 Å². The number of benzene rings is 2. The molecule has 0 aliphatic rings. The highest BCUT2D eigenvalue weighted by Crippen LogP contribution is 2.21. The molecule has 0 atom stereocenters. The Labute approximate surface area is 143 Å². The molecule has 0 fully saturated rings. The summed E-state index contributed by atoms with van der Waals surface area (Å²) in [5.74, 6) is 0.900. The molecule has 122 valence electrons. The Morgan fingerprint density at radius 3 is 2.52 bits per heavy atom. The number of fused-ring (bicyclic) bond motifs is 1. The summed E-state index contributed by atoms with van der Waals surface area (Å²) < 4.78 is 10.3. The van der Waals surface area contributed by atoms with E-state index in [0.29, 0.717) is 17.5 Å². The monoisotopic (exact) mass is 331 g/mol. The highest BCUT2D eigenvalue weighted by molar-refractivity contribution is 5.92. The second kappa shape index (κ2) is 6.16. The van der Waals surface area contributed by atoms with Crippen LogP contribution in [0.25, 0.3) is 22.3 Å². The third-order valence-electron chi connectivity index (χ3n) is 3.66. The number of hydrogen-bond acceptors (Lipinski definition) is 6. The first-order valence-corrected chi connectivity index (χ1v) is 7.68. The number of carbonyl (C=O) groups excluding carboxylic acids is 1. The van der Waals surface area contributed by atoms with E-state index in [1.54, 1.807) is 37.3 Å². The van der Waals surface area contributed by atoms with Crippen molar-refractivity contribution in [3.05, 3.63) is 72.2 Å². The number of aromatic nitrogens is 3. The van der Waals surface area contributed by atoms with E-state index in [4.69, 9.17) is 9.26 Å². The number of esters is 1. The first-order chi connectivity index (χ1) is 12.2. The normalized spacial score (nSPS) is 10.8. The third-order valence-corrected chi connectivity index (χ3v) is 3.66. The molecule has 0 unspecified atom stereocenters. The molecule has 2 aromatic heterocycles. The van der Waals surface area contributed by atoms with Crippen molar-refractivity contribution in [2.24, 2.45) is 0 Å². The molecule has 0 saturated heterocycles. The highest BCUT2D eigenvalue weighted by Gasteiger charge is 2.12. The zero-order chi connectivity index (χ0) is 17.2. The molecule has 2 aromatic carbocycles. The summed E-state index contributed by atoms with van der Waals surface area (Å²) in [5.41, 5.74) is 1.79. The van der Waals surface area contributed by atoms with Crippen molar-refractivity contribution in [3.63, 3.8) is 0 Å². The minimum atomic E-state index is -0.506. The van der Waals surface area contributed by atoms with E-state index < -0.39 is 5.97 Å². The Morgan fingerprint density at radius 2 is 1.76 bits per heavy atom. The summed E-state index contributed by atoms with van der Waals surface area (Å²) in [6.45, 7) is 1.73. The van der Waals surface area contributed by atoms with Crippen molar-refractivity contribution in [1.82, 2.24) is 15.1 Å². The summed E-state index contributed by atoms with van der Waals surface area (Å²) in [6, 6.07) is 18.0. The lowest BCUT2D eigenvalue weighted by Gasteiger charge is -2.05. The SMILES string of the molecule is Cc1nc(-c2ccc(OC(=O)c3ccc4ccccc4n3)cc2)no1. The van der Waals surface area contributed by atoms with Gasteiger partial charge < -0.3 is 9.26 Å². The van der Waals surface area contributed by atoms with Gasteiger partial charge in [0, 0.05) is 17.9 Å². The lowest BCUT2D eigenvalue weighted by molar-refractivity contribution is 0.0729. The molecule has 0 radical (unpaired) electrons. The molecule has 2 heterocycles. The Bertz CT molecular complexity index is 1050. The van der Waals surface area contributed by atoms with Crippen molar-refractivity contribution in [1.29, 1.82) is 0 Å². The molecule has 4 aromatic rings. The standard InChI is InChI=1S/C19H13N3O3/c1-12-20-18(22-25-12)14-6-9-15(10-7-14)24-19(23)17-11-8-13-4-2-3-5-16(13)21-17/h2-11H,1H3. The maximum atomic E-state index is 12.3. The van der Waals surface area contributed by atoms with Crippen molar-refractivity contribution in [2.75, 3.05) is 0 Å². The van der Waals surface area contributed by atoms with Gasteiger partial charge in [-0.2, -0.15) is 4.98 Å². The van der Waals surface area contributed by atoms with Gasteiger partial charge in [0.2, 0.25) is 11.7 Å². The molecule has 0 amide bonds. The zero-order valence-electron chi connectivity index (χ0n) is 13.3. The average molecular weight is 331 g/mol. The molecular formula is C19H13N3O3. The smallest absolute Gasteiger partial charge is 0.362 e. The fourth-order valence-electron chi connectivity index (χ4n) is 2.43. The molecule has 0 N–H and O–H groups in total. The van der Waals surface area contributed by atoms with Gasteiger partial charge in [-0.15, -0.1) is 0 Å². The van der Waals surface area contributed by atoms with Gasteiger partial charge in [-0.05, 0) is 36.4 Å². The largest absolute Gasteiger partial charge is 0.422 e. The van der Waals surface area contributed by atoms with Gasteiger partial charge in [-0.1, -0.05) is 29.4 Å². The van der Waals surface area contributed by atoms with E-state index in [1.165, 1.54) is 0 Å². The Kier molecular flexibility index (Phi) is 3.70. The van der Waals surface area contributed by atoms with Gasteiger partial charge in [0.15, 0.2) is 0 Å². The number of aryl methyl sites for hydroxylation is 1. The van der Waals surface area contributed by atoms with E-state index in [9.17, 15) is 4.79 Å². The van der Waals surface area contributed by atoms with Crippen LogP contribution in [-0.4, -0.2) is 21.1 Å². The van der Waals surface area contributed by atoms with E-state index in [2.05, 4.69) is 15.1 Å². The quantitative estimate of drug-likeness (QED) is 0.419. The molecule has 0 aliphatic carbocycles. The zero-order valence-corrected chi connectivity index (χ0v) is 13.3. The van der Waals surface area contributed by atoms with Gasteiger partial charge in [-0.3, -0.25) is 0 Å². The van der Waals surface area contributed by atoms with Crippen molar-refractivity contribution < 1.29 is 14.1 Å². The van der Waals surface area contributed by atoms with E-state index in [-0.39, 0.29) is 5.69 Å². The van der Waals surface area contributed by atoms with E-state index in [1.807, 2.05) is 30.3 Å². The minimum absolute atomic E-state index is 0.261. The minimum Gasteiger partial charge on any atom is -0.422 e. The average Bonchev–Trinajstić information content (AvgIpc) is 3.08. The third kappa shape index (κ3) is 3.10. The molecule has 0 bridgehead atoms. The molecule has 0 saturated carbocycles. The summed E-state index contributed by atoms with van der Waals surface area (Å²) in [5, 5.41) is 4.82. The molecule has 4 rings (SSSR count). The van der Waals surface area contributed by atoms with Crippen molar-refractivity contribution >= 4 is 16.9 Å². The molecule has 6 heteroatoms. The van der Waals surface area contributed by atoms with Crippen LogP contribution in [0.1, 0.15) is 16.4 Å². The Hall–Kier alpha value is -3.54. The molecule has 0 spiro atoms. The predicted molar refractivity (Wildman–Crippen MR) is 91.2 cm³/mol. The summed E-state index contributed by atoms with van der Waals surface area (Å²) >= 11 is 0. The molecule has 0 aliphatic heterocycles. The Balaban J connectivity index is 1.53. The number of rotatable bonds is 3. The number of ether oxygens (including phenoxy) is 1. The number of carbonyl (C=O) groups is 1. The van der Waals surface area contributed by atoms with Crippen molar-refractivity contribution in [2.45, 2.75) is 6.92 Å². The number of pyridine rings is 1. The van der Waals surface area contributed by atoms with Gasteiger partial charge in [0.25, 0.3) is 0 Å². The maximum absolute atomic E-state index is 12.3. The predicted octanol–water partition coefficient (Wildman–Crippen LogP) is 3.81. The second-order valence-electron chi connectivity index (χ2n) is 5.44. The summed E-state index contributed by atoms with van der Waals surface area (Å²) in [7, 11) is 0. The van der Waals surface area contributed by atoms with Gasteiger partial charge in [0.1, 0.15) is 11.4 Å².